The van der Waals surface area contributed by atoms with Crippen LogP contribution in [0.4, 0.5) is 5.69 Å². The Morgan fingerprint density at radius 3 is 2.89 bits per heavy atom. The van der Waals surface area contributed by atoms with Crippen molar-refractivity contribution in [3.05, 3.63) is 69.8 Å². The third-order valence-corrected chi connectivity index (χ3v) is 4.31. The quantitative estimate of drug-likeness (QED) is 0.382. The maximum atomic E-state index is 11.9. The molecule has 0 bridgehead atoms. The number of nitro benzene ring substituents is 1. The van der Waals surface area contributed by atoms with Crippen molar-refractivity contribution in [2.75, 3.05) is 13.2 Å². The second-order valence-electron chi connectivity index (χ2n) is 6.41. The molecule has 1 amide bonds. The summed E-state index contributed by atoms with van der Waals surface area (Å²) in [5.41, 5.74) is 10.3. The van der Waals surface area contributed by atoms with E-state index in [1.165, 1.54) is 12.1 Å². The predicted molar refractivity (Wildman–Crippen MR) is 104 cm³/mol. The van der Waals surface area contributed by atoms with Crippen LogP contribution in [-0.4, -0.2) is 30.2 Å². The van der Waals surface area contributed by atoms with Crippen LogP contribution in [0.3, 0.4) is 0 Å². The highest BCUT2D eigenvalue weighted by molar-refractivity contribution is 5.78. The molecule has 2 atom stereocenters. The minimum absolute atomic E-state index is 0.0445. The molecule has 2 aromatic carbocycles. The number of nitrogens with zero attached hydrogens (tertiary/aromatic N) is 2. The van der Waals surface area contributed by atoms with Crippen LogP contribution < -0.4 is 21.0 Å². The zero-order valence-corrected chi connectivity index (χ0v) is 15.3. The first kappa shape index (κ1) is 19.5. The number of hydrogen-bond donors (Lipinski definition) is 3. The summed E-state index contributed by atoms with van der Waals surface area (Å²) in [5, 5.41) is 15.1. The number of hydrogen-bond acceptors (Lipinski definition) is 7. The molecular weight excluding hydrogens is 362 g/mol. The molecule has 2 aromatic rings. The van der Waals surface area contributed by atoms with E-state index in [4.69, 9.17) is 4.74 Å². The van der Waals surface area contributed by atoms with Crippen molar-refractivity contribution in [2.45, 2.75) is 13.0 Å². The minimum atomic E-state index is -0.539. The fourth-order valence-electron chi connectivity index (χ4n) is 2.91. The molecule has 9 heteroatoms. The van der Waals surface area contributed by atoms with Crippen molar-refractivity contribution in [3.8, 4) is 5.75 Å². The van der Waals surface area contributed by atoms with Crippen molar-refractivity contribution in [2.24, 2.45) is 11.0 Å². The highest BCUT2D eigenvalue weighted by atomic mass is 16.6. The van der Waals surface area contributed by atoms with Gasteiger partial charge in [0.15, 0.2) is 12.4 Å². The lowest BCUT2D eigenvalue weighted by Crippen LogP contribution is -2.26. The molecule has 0 radical (unpaired) electrons. The Morgan fingerprint density at radius 1 is 1.36 bits per heavy atom. The summed E-state index contributed by atoms with van der Waals surface area (Å²) in [6.07, 6.45) is 1.66. The van der Waals surface area contributed by atoms with Crippen LogP contribution in [0.15, 0.2) is 53.6 Å². The number of amides is 1. The molecular formula is C19H21N5O4. The Labute approximate surface area is 161 Å². The van der Waals surface area contributed by atoms with Gasteiger partial charge in [-0.2, -0.15) is 5.10 Å². The summed E-state index contributed by atoms with van der Waals surface area (Å²) in [6, 6.07) is 14.5. The number of hydrazine groups is 1. The van der Waals surface area contributed by atoms with Crippen LogP contribution in [0.25, 0.3) is 0 Å². The third-order valence-electron chi connectivity index (χ3n) is 4.31. The number of nitrogens with one attached hydrogen (secondary N) is 3. The highest BCUT2D eigenvalue weighted by Crippen LogP contribution is 2.27. The summed E-state index contributed by atoms with van der Waals surface area (Å²) >= 11 is 0. The average molecular weight is 383 g/mol. The van der Waals surface area contributed by atoms with Gasteiger partial charge in [-0.3, -0.25) is 20.3 Å². The molecule has 0 aliphatic carbocycles. The molecule has 0 aromatic heterocycles. The third kappa shape index (κ3) is 4.90. The average Bonchev–Trinajstić information content (AvgIpc) is 3.16. The van der Waals surface area contributed by atoms with E-state index in [0.717, 1.165) is 11.1 Å². The Bertz CT molecular complexity index is 872. The molecule has 1 heterocycles. The van der Waals surface area contributed by atoms with Gasteiger partial charge >= 0.3 is 5.69 Å². The smallest absolute Gasteiger partial charge is 0.311 e. The number of rotatable bonds is 7. The lowest BCUT2D eigenvalue weighted by molar-refractivity contribution is -0.385. The molecule has 9 nitrogen and oxygen atoms in total. The normalized spacial score (nSPS) is 18.9. The zero-order chi connectivity index (χ0) is 19.9. The Balaban J connectivity index is 1.53. The number of hydrazone groups is 1. The Morgan fingerprint density at radius 2 is 2.14 bits per heavy atom. The Hall–Kier alpha value is -3.30. The lowest BCUT2D eigenvalue weighted by Gasteiger charge is -2.14. The molecule has 0 spiro atoms. The van der Waals surface area contributed by atoms with Gasteiger partial charge in [-0.05, 0) is 24.1 Å². The van der Waals surface area contributed by atoms with Crippen LogP contribution in [0.1, 0.15) is 17.2 Å². The minimum Gasteiger partial charge on any atom is -0.477 e. The van der Waals surface area contributed by atoms with E-state index in [9.17, 15) is 14.9 Å². The van der Waals surface area contributed by atoms with Gasteiger partial charge in [-0.25, -0.2) is 10.9 Å². The van der Waals surface area contributed by atoms with Crippen molar-refractivity contribution in [1.29, 1.82) is 0 Å². The molecule has 3 N–H and O–H groups in total. The highest BCUT2D eigenvalue weighted by Gasteiger charge is 2.26. The maximum Gasteiger partial charge on any atom is 0.311 e. The Kier molecular flexibility index (Phi) is 6.30. The first-order valence-corrected chi connectivity index (χ1v) is 8.78. The van der Waals surface area contributed by atoms with Gasteiger partial charge in [-0.1, -0.05) is 36.4 Å². The fourth-order valence-corrected chi connectivity index (χ4v) is 2.91. The summed E-state index contributed by atoms with van der Waals surface area (Å²) in [4.78, 5) is 22.5. The molecule has 1 fully saturated rings. The van der Waals surface area contributed by atoms with Gasteiger partial charge in [0.1, 0.15) is 0 Å². The number of benzene rings is 2. The predicted octanol–water partition coefficient (Wildman–Crippen LogP) is 1.85. The van der Waals surface area contributed by atoms with E-state index in [0.29, 0.717) is 6.54 Å². The van der Waals surface area contributed by atoms with Crippen molar-refractivity contribution >= 4 is 17.8 Å². The molecule has 1 saturated heterocycles. The summed E-state index contributed by atoms with van der Waals surface area (Å²) in [5.74, 6) is -0.397. The maximum absolute atomic E-state index is 11.9. The van der Waals surface area contributed by atoms with Gasteiger partial charge in [0, 0.05) is 24.7 Å². The topological polar surface area (TPSA) is 118 Å². The van der Waals surface area contributed by atoms with Crippen LogP contribution in [0.5, 0.6) is 5.75 Å². The van der Waals surface area contributed by atoms with Crippen LogP contribution in [-0.2, 0) is 4.79 Å². The van der Waals surface area contributed by atoms with Gasteiger partial charge in [-0.15, -0.1) is 0 Å². The van der Waals surface area contributed by atoms with Crippen molar-refractivity contribution in [1.82, 2.24) is 16.3 Å². The van der Waals surface area contributed by atoms with E-state index in [1.807, 2.05) is 30.3 Å². The summed E-state index contributed by atoms with van der Waals surface area (Å²) < 4.78 is 5.28. The second-order valence-corrected chi connectivity index (χ2v) is 6.41. The summed E-state index contributed by atoms with van der Waals surface area (Å²) in [6.45, 7) is 2.04. The molecule has 0 saturated carbocycles. The number of ether oxygens (including phenoxy) is 1. The SMILES string of the molecule is Cc1ccc(OCC(=O)N/N=C/C2CNNC2c2ccccc2)c([N+](=O)[O-])c1. The number of nitro groups is 1. The van der Waals surface area contributed by atoms with Gasteiger partial charge in [0.05, 0.1) is 11.0 Å². The number of carbonyl (C=O) groups is 1. The van der Waals surface area contributed by atoms with Crippen LogP contribution >= 0.6 is 0 Å². The van der Waals surface area contributed by atoms with E-state index >= 15 is 0 Å². The van der Waals surface area contributed by atoms with E-state index in [1.54, 1.807) is 19.2 Å². The molecule has 1 aliphatic heterocycles. The zero-order valence-electron chi connectivity index (χ0n) is 15.3. The molecule has 2 unspecified atom stereocenters. The molecule has 146 valence electrons. The standard InChI is InChI=1S/C19H21N5O4/c1-13-7-8-17(16(9-13)24(26)27)28-12-18(25)22-20-10-15-11-21-23-19(15)14-5-3-2-4-6-14/h2-10,15,19,21,23H,11-12H2,1H3,(H,22,25)/b20-10+. The van der Waals surface area contributed by atoms with Gasteiger partial charge < -0.3 is 4.74 Å². The first-order valence-electron chi connectivity index (χ1n) is 8.78. The van der Waals surface area contributed by atoms with E-state index in [2.05, 4.69) is 21.4 Å². The monoisotopic (exact) mass is 383 g/mol. The molecule has 3 rings (SSSR count). The van der Waals surface area contributed by atoms with Crippen LogP contribution in [0, 0.1) is 23.0 Å². The first-order chi connectivity index (χ1) is 13.5. The lowest BCUT2D eigenvalue weighted by atomic mass is 9.96. The van der Waals surface area contributed by atoms with E-state index < -0.39 is 10.8 Å². The number of aryl methyl sites for hydroxylation is 1. The second kappa shape index (κ2) is 9.07. The summed E-state index contributed by atoms with van der Waals surface area (Å²) in [7, 11) is 0. The van der Waals surface area contributed by atoms with Gasteiger partial charge in [0.2, 0.25) is 0 Å². The van der Waals surface area contributed by atoms with Crippen molar-refractivity contribution < 1.29 is 14.5 Å². The van der Waals surface area contributed by atoms with E-state index in [-0.39, 0.29) is 30.0 Å². The number of carbonyl (C=O) groups excluding carboxylic acids is 1. The fraction of sp³-hybridized carbons (Fsp3) is 0.263. The molecule has 1 aliphatic rings. The van der Waals surface area contributed by atoms with Gasteiger partial charge in [0.25, 0.3) is 5.91 Å². The van der Waals surface area contributed by atoms with Crippen molar-refractivity contribution in [3.63, 3.8) is 0 Å². The largest absolute Gasteiger partial charge is 0.477 e. The van der Waals surface area contributed by atoms with Crippen LogP contribution in [0.2, 0.25) is 0 Å². The molecule has 28 heavy (non-hydrogen) atoms.